The summed E-state index contributed by atoms with van der Waals surface area (Å²) in [6, 6.07) is 0. The molecule has 1 aliphatic carbocycles. The van der Waals surface area contributed by atoms with Crippen molar-refractivity contribution in [2.24, 2.45) is 10.9 Å². The maximum absolute atomic E-state index is 4.09. The zero-order valence-corrected chi connectivity index (χ0v) is 5.70. The van der Waals surface area contributed by atoms with Gasteiger partial charge in [0, 0.05) is 18.3 Å². The van der Waals surface area contributed by atoms with E-state index in [9.17, 15) is 0 Å². The average molecular weight is 131 g/mol. The Morgan fingerprint density at radius 1 is 1.40 bits per heavy atom. The van der Waals surface area contributed by atoms with Crippen LogP contribution >= 0.6 is 0 Å². The monoisotopic (exact) mass is 131 g/mol. The minimum absolute atomic E-state index is 0.600. The van der Waals surface area contributed by atoms with E-state index in [0.717, 1.165) is 6.42 Å². The van der Waals surface area contributed by atoms with Crippen LogP contribution in [-0.2, 0) is 0 Å². The van der Waals surface area contributed by atoms with Gasteiger partial charge in [-0.2, -0.15) is 0 Å². The SMILES string of the molecule is C1=CC2=CN=CCC2C=C1. The summed E-state index contributed by atoms with van der Waals surface area (Å²) in [6.07, 6.45) is 13.5. The molecule has 10 heavy (non-hydrogen) atoms. The number of aliphatic imine (C=N–C) groups is 1. The summed E-state index contributed by atoms with van der Waals surface area (Å²) >= 11 is 0. The predicted molar refractivity (Wildman–Crippen MR) is 43.0 cm³/mol. The molecule has 50 valence electrons. The van der Waals surface area contributed by atoms with Crippen LogP contribution in [0, 0.1) is 5.92 Å². The Morgan fingerprint density at radius 3 is 3.30 bits per heavy atom. The summed E-state index contributed by atoms with van der Waals surface area (Å²) in [6.45, 7) is 0. The summed E-state index contributed by atoms with van der Waals surface area (Å²) < 4.78 is 0. The molecule has 1 nitrogen and oxygen atoms in total. The fourth-order valence-electron chi connectivity index (χ4n) is 1.27. The van der Waals surface area contributed by atoms with E-state index in [1.165, 1.54) is 5.57 Å². The van der Waals surface area contributed by atoms with E-state index in [0.29, 0.717) is 5.92 Å². The number of fused-ring (bicyclic) bond motifs is 1. The second kappa shape index (κ2) is 2.25. The number of allylic oxidation sites excluding steroid dienone is 5. The lowest BCUT2D eigenvalue weighted by Gasteiger charge is -2.16. The molecular weight excluding hydrogens is 122 g/mol. The van der Waals surface area contributed by atoms with Gasteiger partial charge in [-0.3, -0.25) is 4.99 Å². The van der Waals surface area contributed by atoms with Crippen LogP contribution in [0.3, 0.4) is 0 Å². The second-order valence-electron chi connectivity index (χ2n) is 2.55. The lowest BCUT2D eigenvalue weighted by molar-refractivity contribution is 0.809. The van der Waals surface area contributed by atoms with Gasteiger partial charge in [0.05, 0.1) is 0 Å². The summed E-state index contributed by atoms with van der Waals surface area (Å²) in [5.41, 5.74) is 1.34. The van der Waals surface area contributed by atoms with Crippen LogP contribution in [0.25, 0.3) is 0 Å². The number of rotatable bonds is 0. The van der Waals surface area contributed by atoms with Gasteiger partial charge in [-0.25, -0.2) is 0 Å². The quantitative estimate of drug-likeness (QED) is 0.477. The summed E-state index contributed by atoms with van der Waals surface area (Å²) in [5.74, 6) is 0.600. The highest BCUT2D eigenvalue weighted by atomic mass is 14.7. The summed E-state index contributed by atoms with van der Waals surface area (Å²) in [7, 11) is 0. The first-order chi connectivity index (χ1) is 4.97. The van der Waals surface area contributed by atoms with Crippen LogP contribution in [0.15, 0.2) is 41.1 Å². The Kier molecular flexibility index (Phi) is 1.28. The molecule has 0 fully saturated rings. The molecule has 1 heteroatoms. The minimum atomic E-state index is 0.600. The van der Waals surface area contributed by atoms with Crippen LogP contribution in [-0.4, -0.2) is 6.21 Å². The van der Waals surface area contributed by atoms with Crippen molar-refractivity contribution in [1.29, 1.82) is 0 Å². The third kappa shape index (κ3) is 0.838. The number of hydrogen-bond acceptors (Lipinski definition) is 1. The van der Waals surface area contributed by atoms with Gasteiger partial charge in [-0.05, 0) is 12.0 Å². The van der Waals surface area contributed by atoms with Crippen molar-refractivity contribution < 1.29 is 0 Å². The molecule has 0 amide bonds. The lowest BCUT2D eigenvalue weighted by Crippen LogP contribution is -2.05. The minimum Gasteiger partial charge on any atom is -0.269 e. The summed E-state index contributed by atoms with van der Waals surface area (Å²) in [5, 5.41) is 0. The Balaban J connectivity index is 2.34. The van der Waals surface area contributed by atoms with Crippen molar-refractivity contribution in [2.45, 2.75) is 6.42 Å². The van der Waals surface area contributed by atoms with E-state index in [4.69, 9.17) is 0 Å². The Morgan fingerprint density at radius 2 is 2.40 bits per heavy atom. The maximum Gasteiger partial charge on any atom is 0.0302 e. The molecular formula is C9H9N. The van der Waals surface area contributed by atoms with E-state index in [2.05, 4.69) is 29.3 Å². The normalized spacial score (nSPS) is 28.0. The fraction of sp³-hybridized carbons (Fsp3) is 0.222. The third-order valence-electron chi connectivity index (χ3n) is 1.86. The van der Waals surface area contributed by atoms with Crippen LogP contribution in [0.5, 0.6) is 0 Å². The first-order valence-corrected chi connectivity index (χ1v) is 3.53. The molecule has 1 aliphatic heterocycles. The molecule has 2 aliphatic rings. The topological polar surface area (TPSA) is 12.4 Å². The Labute approximate surface area is 60.5 Å². The van der Waals surface area contributed by atoms with Gasteiger partial charge in [0.2, 0.25) is 0 Å². The molecule has 0 spiro atoms. The van der Waals surface area contributed by atoms with Crippen LogP contribution in [0.4, 0.5) is 0 Å². The first kappa shape index (κ1) is 5.66. The second-order valence-corrected chi connectivity index (χ2v) is 2.55. The van der Waals surface area contributed by atoms with Crippen molar-refractivity contribution in [2.75, 3.05) is 0 Å². The number of hydrogen-bond donors (Lipinski definition) is 0. The Bertz CT molecular complexity index is 243. The van der Waals surface area contributed by atoms with Crippen molar-refractivity contribution in [3.8, 4) is 0 Å². The maximum atomic E-state index is 4.09. The van der Waals surface area contributed by atoms with Gasteiger partial charge in [0.15, 0.2) is 0 Å². The molecule has 0 aromatic carbocycles. The van der Waals surface area contributed by atoms with Crippen LogP contribution in [0.1, 0.15) is 6.42 Å². The molecule has 0 bridgehead atoms. The first-order valence-electron chi connectivity index (χ1n) is 3.53. The molecule has 0 radical (unpaired) electrons. The average Bonchev–Trinajstić information content (AvgIpc) is 2.05. The van der Waals surface area contributed by atoms with Gasteiger partial charge in [-0.15, -0.1) is 0 Å². The van der Waals surface area contributed by atoms with Crippen molar-refractivity contribution >= 4 is 6.21 Å². The van der Waals surface area contributed by atoms with Crippen LogP contribution < -0.4 is 0 Å². The zero-order chi connectivity index (χ0) is 6.81. The summed E-state index contributed by atoms with van der Waals surface area (Å²) in [4.78, 5) is 4.09. The molecule has 1 heterocycles. The fourth-order valence-corrected chi connectivity index (χ4v) is 1.27. The van der Waals surface area contributed by atoms with E-state index >= 15 is 0 Å². The van der Waals surface area contributed by atoms with Gasteiger partial charge in [0.25, 0.3) is 0 Å². The molecule has 0 N–H and O–H groups in total. The lowest BCUT2D eigenvalue weighted by atomic mass is 9.92. The molecule has 2 rings (SSSR count). The van der Waals surface area contributed by atoms with E-state index < -0.39 is 0 Å². The van der Waals surface area contributed by atoms with Crippen molar-refractivity contribution in [3.63, 3.8) is 0 Å². The zero-order valence-electron chi connectivity index (χ0n) is 5.70. The largest absolute Gasteiger partial charge is 0.269 e. The molecule has 1 atom stereocenters. The van der Waals surface area contributed by atoms with E-state index in [1.807, 2.05) is 12.4 Å². The smallest absolute Gasteiger partial charge is 0.0302 e. The highest BCUT2D eigenvalue weighted by Gasteiger charge is 2.11. The van der Waals surface area contributed by atoms with Gasteiger partial charge in [-0.1, -0.05) is 24.3 Å². The van der Waals surface area contributed by atoms with Gasteiger partial charge < -0.3 is 0 Å². The van der Waals surface area contributed by atoms with Crippen LogP contribution in [0.2, 0.25) is 0 Å². The molecule has 1 unspecified atom stereocenters. The third-order valence-corrected chi connectivity index (χ3v) is 1.86. The number of nitrogens with zero attached hydrogens (tertiary/aromatic N) is 1. The standard InChI is InChI=1S/C9H9N/c1-2-4-9-7-10-6-5-8(9)3-1/h1-4,6-8H,5H2. The van der Waals surface area contributed by atoms with Gasteiger partial charge in [0.1, 0.15) is 0 Å². The highest BCUT2D eigenvalue weighted by molar-refractivity contribution is 5.63. The van der Waals surface area contributed by atoms with Crippen molar-refractivity contribution in [1.82, 2.24) is 0 Å². The molecule has 0 aromatic rings. The molecule has 0 saturated heterocycles. The van der Waals surface area contributed by atoms with E-state index in [1.54, 1.807) is 0 Å². The Hall–Kier alpha value is -1.11. The predicted octanol–water partition coefficient (Wildman–Crippen LogP) is 2.09. The van der Waals surface area contributed by atoms with Gasteiger partial charge >= 0.3 is 0 Å². The molecule has 0 saturated carbocycles. The molecule has 0 aromatic heterocycles. The van der Waals surface area contributed by atoms with E-state index in [-0.39, 0.29) is 0 Å². The highest BCUT2D eigenvalue weighted by Crippen LogP contribution is 2.23. The van der Waals surface area contributed by atoms with Crippen molar-refractivity contribution in [3.05, 3.63) is 36.1 Å².